The highest BCUT2D eigenvalue weighted by molar-refractivity contribution is 6.43. The van der Waals surface area contributed by atoms with Gasteiger partial charge in [0.05, 0.1) is 15.7 Å². The number of carbonyl (C=O) groups is 1. The molecule has 0 spiro atoms. The Balaban J connectivity index is 2.44. The van der Waals surface area contributed by atoms with Gasteiger partial charge in [-0.3, -0.25) is 4.79 Å². The van der Waals surface area contributed by atoms with Gasteiger partial charge >= 0.3 is 6.18 Å². The van der Waals surface area contributed by atoms with Crippen LogP contribution in [0.1, 0.15) is 29.6 Å². The molecule has 0 fully saturated rings. The number of hydrogen-bond acceptors (Lipinski definition) is 2. The molecule has 0 aromatic heterocycles. The lowest BCUT2D eigenvalue weighted by molar-refractivity contribution is -0.135. The molecule has 1 amide bonds. The number of benzene rings is 1. The number of nitrogens with two attached hydrogens (primary N) is 1. The zero-order valence-electron chi connectivity index (χ0n) is 10.4. The minimum Gasteiger partial charge on any atom is -0.397 e. The van der Waals surface area contributed by atoms with Crippen molar-refractivity contribution in [3.63, 3.8) is 0 Å². The number of amides is 1. The summed E-state index contributed by atoms with van der Waals surface area (Å²) in [7, 11) is 0. The van der Waals surface area contributed by atoms with Gasteiger partial charge in [0.25, 0.3) is 5.91 Å². The molecule has 3 nitrogen and oxygen atoms in total. The Hall–Kier alpha value is -1.14. The summed E-state index contributed by atoms with van der Waals surface area (Å²) in [6.45, 7) is 0.148. The normalized spacial score (nSPS) is 11.4. The summed E-state index contributed by atoms with van der Waals surface area (Å²) in [5.41, 5.74) is 5.95. The van der Waals surface area contributed by atoms with E-state index in [9.17, 15) is 18.0 Å². The van der Waals surface area contributed by atoms with Gasteiger partial charge in [-0.05, 0) is 25.0 Å². The van der Waals surface area contributed by atoms with Gasteiger partial charge in [0.2, 0.25) is 0 Å². The second-order valence-electron chi connectivity index (χ2n) is 4.19. The summed E-state index contributed by atoms with van der Waals surface area (Å²) in [6.07, 6.45) is -4.82. The highest BCUT2D eigenvalue weighted by Gasteiger charge is 2.25. The molecule has 1 aromatic rings. The third-order valence-corrected chi connectivity index (χ3v) is 3.31. The van der Waals surface area contributed by atoms with Crippen LogP contribution in [-0.2, 0) is 0 Å². The summed E-state index contributed by atoms with van der Waals surface area (Å²) in [5.74, 6) is -0.456. The zero-order chi connectivity index (χ0) is 15.3. The van der Waals surface area contributed by atoms with E-state index >= 15 is 0 Å². The topological polar surface area (TPSA) is 55.1 Å². The molecule has 0 unspecified atom stereocenters. The minimum atomic E-state index is -4.16. The summed E-state index contributed by atoms with van der Waals surface area (Å²) < 4.78 is 35.7. The number of alkyl halides is 3. The summed E-state index contributed by atoms with van der Waals surface area (Å²) in [4.78, 5) is 11.7. The van der Waals surface area contributed by atoms with Crippen LogP contribution in [-0.4, -0.2) is 18.6 Å². The second kappa shape index (κ2) is 7.04. The lowest BCUT2D eigenvalue weighted by Gasteiger charge is -2.09. The predicted octanol–water partition coefficient (Wildman–Crippen LogP) is 4.04. The number of halogens is 5. The Morgan fingerprint density at radius 1 is 1.25 bits per heavy atom. The lowest BCUT2D eigenvalue weighted by atomic mass is 10.2. The molecule has 20 heavy (non-hydrogen) atoms. The molecular weight excluding hydrogens is 316 g/mol. The van der Waals surface area contributed by atoms with Crippen LogP contribution < -0.4 is 11.1 Å². The fraction of sp³-hybridized carbons (Fsp3) is 0.417. The van der Waals surface area contributed by atoms with Crippen molar-refractivity contribution in [3.05, 3.63) is 27.7 Å². The fourth-order valence-electron chi connectivity index (χ4n) is 1.50. The van der Waals surface area contributed by atoms with Gasteiger partial charge in [-0.15, -0.1) is 0 Å². The van der Waals surface area contributed by atoms with Gasteiger partial charge in [-0.25, -0.2) is 0 Å². The molecule has 0 aliphatic heterocycles. The van der Waals surface area contributed by atoms with E-state index in [1.165, 1.54) is 12.1 Å². The standard InChI is InChI=1S/C12H13Cl2F3N2O/c13-8-5-7(6-9(18)10(8)14)11(20)19-4-2-1-3-12(15,16)17/h5-6H,1-4,18H2,(H,19,20). The number of anilines is 1. The summed E-state index contributed by atoms with van der Waals surface area (Å²) in [5, 5.41) is 2.80. The SMILES string of the molecule is Nc1cc(C(=O)NCCCCC(F)(F)F)cc(Cl)c1Cl. The van der Waals surface area contributed by atoms with Crippen molar-refractivity contribution in [3.8, 4) is 0 Å². The van der Waals surface area contributed by atoms with Crippen molar-refractivity contribution in [2.45, 2.75) is 25.4 Å². The van der Waals surface area contributed by atoms with Gasteiger partial charge in [-0.2, -0.15) is 13.2 Å². The third-order valence-electron chi connectivity index (χ3n) is 2.49. The van der Waals surface area contributed by atoms with Crippen LogP contribution in [0.2, 0.25) is 10.0 Å². The van der Waals surface area contributed by atoms with E-state index in [-0.39, 0.29) is 40.7 Å². The molecule has 0 bridgehead atoms. The number of unbranched alkanes of at least 4 members (excludes halogenated alkanes) is 1. The molecule has 1 rings (SSSR count). The molecule has 8 heteroatoms. The van der Waals surface area contributed by atoms with E-state index in [1.54, 1.807) is 0 Å². The predicted molar refractivity (Wildman–Crippen MR) is 73.1 cm³/mol. The van der Waals surface area contributed by atoms with Crippen molar-refractivity contribution >= 4 is 34.8 Å². The van der Waals surface area contributed by atoms with E-state index < -0.39 is 18.5 Å². The fourth-order valence-corrected chi connectivity index (χ4v) is 1.83. The molecule has 0 atom stereocenters. The van der Waals surface area contributed by atoms with Crippen LogP contribution >= 0.6 is 23.2 Å². The first-order chi connectivity index (χ1) is 9.20. The average Bonchev–Trinajstić information content (AvgIpc) is 2.33. The Morgan fingerprint density at radius 2 is 1.90 bits per heavy atom. The van der Waals surface area contributed by atoms with Gasteiger partial charge in [0.1, 0.15) is 0 Å². The van der Waals surface area contributed by atoms with Crippen LogP contribution in [0, 0.1) is 0 Å². The van der Waals surface area contributed by atoms with Gasteiger partial charge in [-0.1, -0.05) is 23.2 Å². The molecule has 0 radical (unpaired) electrons. The number of carbonyl (C=O) groups excluding carboxylic acids is 1. The Labute approximate surface area is 124 Å². The highest BCUT2D eigenvalue weighted by atomic mass is 35.5. The second-order valence-corrected chi connectivity index (χ2v) is 4.97. The van der Waals surface area contributed by atoms with Crippen LogP contribution in [0.4, 0.5) is 18.9 Å². The lowest BCUT2D eigenvalue weighted by Crippen LogP contribution is -2.24. The first kappa shape index (κ1) is 16.9. The average molecular weight is 329 g/mol. The van der Waals surface area contributed by atoms with Crippen molar-refractivity contribution in [2.24, 2.45) is 0 Å². The minimum absolute atomic E-state index is 0.0344. The van der Waals surface area contributed by atoms with Crippen molar-refractivity contribution in [1.29, 1.82) is 0 Å². The van der Waals surface area contributed by atoms with Crippen molar-refractivity contribution in [1.82, 2.24) is 5.32 Å². The first-order valence-electron chi connectivity index (χ1n) is 5.80. The largest absolute Gasteiger partial charge is 0.397 e. The quantitative estimate of drug-likeness (QED) is 0.633. The maximum Gasteiger partial charge on any atom is 0.389 e. The smallest absolute Gasteiger partial charge is 0.389 e. The monoisotopic (exact) mass is 328 g/mol. The van der Waals surface area contributed by atoms with Gasteiger partial charge in [0.15, 0.2) is 0 Å². The van der Waals surface area contributed by atoms with Gasteiger partial charge in [0, 0.05) is 18.5 Å². The number of nitrogens with one attached hydrogen (secondary N) is 1. The molecular formula is C12H13Cl2F3N2O. The molecule has 0 saturated carbocycles. The molecule has 112 valence electrons. The zero-order valence-corrected chi connectivity index (χ0v) is 11.9. The summed E-state index contributed by atoms with van der Waals surface area (Å²) in [6, 6.07) is 2.71. The van der Waals surface area contributed by atoms with Crippen LogP contribution in [0.5, 0.6) is 0 Å². The Bertz CT molecular complexity index is 469. The molecule has 1 aromatic carbocycles. The van der Waals surface area contributed by atoms with E-state index in [0.29, 0.717) is 0 Å². The van der Waals surface area contributed by atoms with Crippen LogP contribution in [0.25, 0.3) is 0 Å². The number of hydrogen-bond donors (Lipinski definition) is 2. The van der Waals surface area contributed by atoms with E-state index in [4.69, 9.17) is 28.9 Å². The molecule has 0 aliphatic rings. The van der Waals surface area contributed by atoms with E-state index in [2.05, 4.69) is 5.32 Å². The Kier molecular flexibility index (Phi) is 5.95. The number of nitrogen functional groups attached to an aromatic ring is 1. The Morgan fingerprint density at radius 3 is 2.45 bits per heavy atom. The van der Waals surface area contributed by atoms with Crippen LogP contribution in [0.15, 0.2) is 12.1 Å². The maximum absolute atomic E-state index is 11.9. The van der Waals surface area contributed by atoms with Crippen molar-refractivity contribution < 1.29 is 18.0 Å². The van der Waals surface area contributed by atoms with Gasteiger partial charge < -0.3 is 11.1 Å². The van der Waals surface area contributed by atoms with Crippen molar-refractivity contribution in [2.75, 3.05) is 12.3 Å². The van der Waals surface area contributed by atoms with E-state index in [0.717, 1.165) is 0 Å². The molecule has 0 saturated heterocycles. The van der Waals surface area contributed by atoms with E-state index in [1.807, 2.05) is 0 Å². The molecule has 3 N–H and O–H groups in total. The molecule has 0 heterocycles. The third kappa shape index (κ3) is 5.46. The number of rotatable bonds is 5. The molecule has 0 aliphatic carbocycles. The van der Waals surface area contributed by atoms with Crippen LogP contribution in [0.3, 0.4) is 0 Å². The maximum atomic E-state index is 11.9. The first-order valence-corrected chi connectivity index (χ1v) is 6.56. The summed E-state index contributed by atoms with van der Waals surface area (Å²) >= 11 is 11.5. The highest BCUT2D eigenvalue weighted by Crippen LogP contribution is 2.29.